The maximum atomic E-state index is 4.80. The maximum absolute atomic E-state index is 4.80. The average molecular weight is 556 g/mol. The van der Waals surface area contributed by atoms with Gasteiger partial charge in [-0.1, -0.05) is 66.4 Å². The molecule has 198 valence electrons. The number of fused-ring (bicyclic) bond motifs is 5. The van der Waals surface area contributed by atoms with E-state index in [0.717, 1.165) is 29.8 Å². The number of nitrogens with zero attached hydrogens (tertiary/aromatic N) is 3. The molecule has 4 heterocycles. The minimum atomic E-state index is 0.919. The molecule has 0 amide bonds. The Morgan fingerprint density at radius 2 is 1.57 bits per heavy atom. The lowest BCUT2D eigenvalue weighted by Crippen LogP contribution is -2.04. The minimum absolute atomic E-state index is 0.919. The molecule has 7 aromatic rings. The van der Waals surface area contributed by atoms with Gasteiger partial charge in [0, 0.05) is 38.5 Å². The van der Waals surface area contributed by atoms with Crippen molar-refractivity contribution in [2.24, 2.45) is 0 Å². The van der Waals surface area contributed by atoms with Crippen molar-refractivity contribution in [1.29, 1.82) is 0 Å². The molecule has 0 saturated carbocycles. The fourth-order valence-corrected chi connectivity index (χ4v) is 7.84. The van der Waals surface area contributed by atoms with Crippen molar-refractivity contribution in [3.63, 3.8) is 0 Å². The average Bonchev–Trinajstić information content (AvgIpc) is 3.39. The van der Waals surface area contributed by atoms with Crippen LogP contribution in [0.15, 0.2) is 133 Å². The first-order chi connectivity index (χ1) is 20.8. The van der Waals surface area contributed by atoms with Gasteiger partial charge in [-0.3, -0.25) is 9.97 Å². The zero-order chi connectivity index (χ0) is 27.6. The minimum Gasteiger partial charge on any atom is -0.308 e. The number of rotatable bonds is 3. The molecular weight excluding hydrogens is 531 g/mol. The van der Waals surface area contributed by atoms with Crippen molar-refractivity contribution < 1.29 is 0 Å². The number of allylic oxidation sites excluding steroid dienone is 1. The standard InChI is InChI=1S/C38H25N3S/c1-2-11-34-29(9-1)31-20-25(13-17-35(31)41(34)28-15-16-33(40-23-28)27-8-5-19-39-22-27)26-14-18-36-32(21-26)30-10-3-6-24-7-4-12-37(42-36)38(24)30/h1-3,5-6,8-23H,4,7H2. The van der Waals surface area contributed by atoms with Gasteiger partial charge in [0.2, 0.25) is 0 Å². The quantitative estimate of drug-likeness (QED) is 0.217. The van der Waals surface area contributed by atoms with Gasteiger partial charge in [0.1, 0.15) is 0 Å². The fourth-order valence-electron chi connectivity index (χ4n) is 6.64. The third kappa shape index (κ3) is 3.62. The van der Waals surface area contributed by atoms with Gasteiger partial charge in [-0.05, 0) is 101 Å². The predicted octanol–water partition coefficient (Wildman–Crippen LogP) is 9.97. The Hall–Kier alpha value is -4.93. The van der Waals surface area contributed by atoms with Gasteiger partial charge in [0.05, 0.1) is 28.6 Å². The van der Waals surface area contributed by atoms with E-state index in [4.69, 9.17) is 4.98 Å². The van der Waals surface area contributed by atoms with Gasteiger partial charge in [0.25, 0.3) is 0 Å². The van der Waals surface area contributed by atoms with Crippen LogP contribution in [0.5, 0.6) is 0 Å². The Bertz CT molecular complexity index is 2210. The second-order valence-electron chi connectivity index (χ2n) is 11.0. The summed E-state index contributed by atoms with van der Waals surface area (Å²) in [5.74, 6) is 0. The number of para-hydroxylation sites is 1. The van der Waals surface area contributed by atoms with E-state index >= 15 is 0 Å². The van der Waals surface area contributed by atoms with Crippen LogP contribution in [-0.4, -0.2) is 14.5 Å². The molecule has 3 aromatic heterocycles. The molecule has 4 aromatic carbocycles. The summed E-state index contributed by atoms with van der Waals surface area (Å²) in [6.45, 7) is 0. The summed E-state index contributed by atoms with van der Waals surface area (Å²) in [5, 5.41) is 2.49. The van der Waals surface area contributed by atoms with Gasteiger partial charge in [-0.2, -0.15) is 0 Å². The monoisotopic (exact) mass is 555 g/mol. The van der Waals surface area contributed by atoms with Crippen LogP contribution in [0.4, 0.5) is 0 Å². The van der Waals surface area contributed by atoms with Crippen molar-refractivity contribution in [2.75, 3.05) is 0 Å². The summed E-state index contributed by atoms with van der Waals surface area (Å²) in [6.07, 6.45) is 10.3. The molecule has 9 rings (SSSR count). The van der Waals surface area contributed by atoms with Crippen LogP contribution in [-0.2, 0) is 6.42 Å². The van der Waals surface area contributed by atoms with Crippen LogP contribution in [0.25, 0.3) is 65.9 Å². The van der Waals surface area contributed by atoms with E-state index in [2.05, 4.69) is 107 Å². The predicted molar refractivity (Wildman–Crippen MR) is 175 cm³/mol. The molecule has 0 bridgehead atoms. The highest BCUT2D eigenvalue weighted by atomic mass is 32.2. The summed E-state index contributed by atoms with van der Waals surface area (Å²) in [7, 11) is 0. The second kappa shape index (κ2) is 9.30. The van der Waals surface area contributed by atoms with Crippen LogP contribution >= 0.6 is 11.8 Å². The van der Waals surface area contributed by atoms with Gasteiger partial charge in [0.15, 0.2) is 0 Å². The van der Waals surface area contributed by atoms with Crippen LogP contribution < -0.4 is 0 Å². The van der Waals surface area contributed by atoms with E-state index in [-0.39, 0.29) is 0 Å². The van der Waals surface area contributed by atoms with Crippen LogP contribution in [0.1, 0.15) is 17.5 Å². The molecule has 42 heavy (non-hydrogen) atoms. The van der Waals surface area contributed by atoms with Crippen molar-refractivity contribution in [3.05, 3.63) is 139 Å². The number of thioether (sulfide) groups is 1. The maximum Gasteiger partial charge on any atom is 0.0719 e. The molecule has 3 nitrogen and oxygen atoms in total. The molecule has 2 aliphatic rings. The number of hydrogen-bond acceptors (Lipinski definition) is 3. The first kappa shape index (κ1) is 23.7. The third-order valence-electron chi connectivity index (χ3n) is 8.60. The van der Waals surface area contributed by atoms with Crippen molar-refractivity contribution in [3.8, 4) is 39.2 Å². The SMILES string of the molecule is C1=C2Sc3ccc(-c4ccc5c(c4)c4ccccc4n5-c4ccc(-c5cccnc5)nc4)cc3-c3cccc(c32)CC1. The smallest absolute Gasteiger partial charge is 0.0719 e. The number of benzene rings is 4. The zero-order valence-electron chi connectivity index (χ0n) is 22.8. The Labute approximate surface area is 248 Å². The molecular formula is C38H25N3S. The molecule has 1 aliphatic carbocycles. The summed E-state index contributed by atoms with van der Waals surface area (Å²) >= 11 is 1.92. The van der Waals surface area contributed by atoms with E-state index in [1.165, 1.54) is 65.0 Å². The molecule has 0 fully saturated rings. The Balaban J connectivity index is 1.17. The van der Waals surface area contributed by atoms with E-state index in [1.807, 2.05) is 36.3 Å². The van der Waals surface area contributed by atoms with Crippen LogP contribution in [0, 0.1) is 0 Å². The fraction of sp³-hybridized carbons (Fsp3) is 0.0526. The molecule has 0 saturated heterocycles. The Morgan fingerprint density at radius 3 is 2.48 bits per heavy atom. The molecule has 0 spiro atoms. The van der Waals surface area contributed by atoms with E-state index in [9.17, 15) is 0 Å². The van der Waals surface area contributed by atoms with Gasteiger partial charge < -0.3 is 4.57 Å². The number of aromatic nitrogens is 3. The number of pyridine rings is 2. The van der Waals surface area contributed by atoms with Crippen LogP contribution in [0.2, 0.25) is 0 Å². The molecule has 1 aliphatic heterocycles. The van der Waals surface area contributed by atoms with Crippen LogP contribution in [0.3, 0.4) is 0 Å². The lowest BCUT2D eigenvalue weighted by molar-refractivity contribution is 0.983. The van der Waals surface area contributed by atoms with Crippen molar-refractivity contribution >= 4 is 38.5 Å². The van der Waals surface area contributed by atoms with E-state index in [0.29, 0.717) is 0 Å². The number of aryl methyl sites for hydroxylation is 1. The zero-order valence-corrected chi connectivity index (χ0v) is 23.6. The van der Waals surface area contributed by atoms with Crippen molar-refractivity contribution in [2.45, 2.75) is 17.7 Å². The van der Waals surface area contributed by atoms with E-state index in [1.54, 1.807) is 6.20 Å². The van der Waals surface area contributed by atoms with Gasteiger partial charge in [-0.25, -0.2) is 0 Å². The lowest BCUT2D eigenvalue weighted by Gasteiger charge is -2.27. The summed E-state index contributed by atoms with van der Waals surface area (Å²) in [6, 6.07) is 37.6. The molecule has 0 atom stereocenters. The first-order valence-electron chi connectivity index (χ1n) is 14.4. The summed E-state index contributed by atoms with van der Waals surface area (Å²) in [4.78, 5) is 11.8. The first-order valence-corrected chi connectivity index (χ1v) is 15.2. The highest BCUT2D eigenvalue weighted by Crippen LogP contribution is 2.52. The normalized spacial score (nSPS) is 13.6. The topological polar surface area (TPSA) is 30.7 Å². The Kier molecular flexibility index (Phi) is 5.26. The Morgan fingerprint density at radius 1 is 0.667 bits per heavy atom. The largest absolute Gasteiger partial charge is 0.308 e. The van der Waals surface area contributed by atoms with Crippen molar-refractivity contribution in [1.82, 2.24) is 14.5 Å². The lowest BCUT2D eigenvalue weighted by atomic mass is 9.88. The van der Waals surface area contributed by atoms with E-state index < -0.39 is 0 Å². The molecule has 0 radical (unpaired) electrons. The van der Waals surface area contributed by atoms with Gasteiger partial charge >= 0.3 is 0 Å². The molecule has 4 heteroatoms. The molecule has 0 unspecified atom stereocenters. The number of hydrogen-bond donors (Lipinski definition) is 0. The summed E-state index contributed by atoms with van der Waals surface area (Å²) in [5.41, 5.74) is 13.4. The third-order valence-corrected chi connectivity index (χ3v) is 9.77. The highest BCUT2D eigenvalue weighted by molar-refractivity contribution is 8.08. The highest BCUT2D eigenvalue weighted by Gasteiger charge is 2.25. The van der Waals surface area contributed by atoms with Gasteiger partial charge in [-0.15, -0.1) is 0 Å². The second-order valence-corrected chi connectivity index (χ2v) is 12.1. The molecule has 0 N–H and O–H groups in total. The summed E-state index contributed by atoms with van der Waals surface area (Å²) < 4.78 is 2.32.